The number of sulfone groups is 1. The summed E-state index contributed by atoms with van der Waals surface area (Å²) in [5, 5.41) is 3.44. The maximum absolute atomic E-state index is 11.3. The molecule has 0 aromatic heterocycles. The van der Waals surface area contributed by atoms with Gasteiger partial charge in [-0.25, -0.2) is 8.42 Å². The van der Waals surface area contributed by atoms with E-state index in [9.17, 15) is 8.42 Å². The second-order valence-electron chi connectivity index (χ2n) is 3.65. The molecule has 3 nitrogen and oxygen atoms in total. The lowest BCUT2D eigenvalue weighted by atomic mass is 10.3. The van der Waals surface area contributed by atoms with Gasteiger partial charge in [0.2, 0.25) is 0 Å². The van der Waals surface area contributed by atoms with Crippen LogP contribution in [0.4, 0.5) is 5.69 Å². The van der Waals surface area contributed by atoms with Gasteiger partial charge in [0.05, 0.1) is 4.90 Å². The molecule has 0 amide bonds. The van der Waals surface area contributed by atoms with Crippen molar-refractivity contribution >= 4 is 27.1 Å². The highest BCUT2D eigenvalue weighted by molar-refractivity contribution is 7.90. The predicted molar refractivity (Wildman–Crippen MR) is 62.2 cm³/mol. The molecular weight excluding hydrogens is 234 g/mol. The summed E-state index contributed by atoms with van der Waals surface area (Å²) in [6.45, 7) is 3.91. The quantitative estimate of drug-likeness (QED) is 0.891. The molecule has 1 aromatic rings. The Balaban J connectivity index is 3.17. The molecule has 1 N–H and O–H groups in total. The van der Waals surface area contributed by atoms with E-state index in [-0.39, 0.29) is 10.9 Å². The van der Waals surface area contributed by atoms with E-state index in [1.54, 1.807) is 6.07 Å². The van der Waals surface area contributed by atoms with Gasteiger partial charge in [-0.3, -0.25) is 0 Å². The van der Waals surface area contributed by atoms with E-state index in [0.29, 0.717) is 10.7 Å². The zero-order valence-electron chi connectivity index (χ0n) is 8.83. The lowest BCUT2D eigenvalue weighted by molar-refractivity contribution is 0.601. The lowest BCUT2D eigenvalue weighted by Gasteiger charge is -2.10. The van der Waals surface area contributed by atoms with E-state index in [1.165, 1.54) is 6.07 Å². The van der Waals surface area contributed by atoms with Crippen molar-refractivity contribution in [2.24, 2.45) is 0 Å². The molecule has 0 heterocycles. The minimum absolute atomic E-state index is 0.109. The van der Waals surface area contributed by atoms with Crippen molar-refractivity contribution in [1.82, 2.24) is 0 Å². The molecule has 0 atom stereocenters. The van der Waals surface area contributed by atoms with E-state index in [1.807, 2.05) is 13.8 Å². The molecule has 1 aromatic carbocycles. The lowest BCUT2D eigenvalue weighted by Crippen LogP contribution is -2.10. The number of hydrogen-bond acceptors (Lipinski definition) is 3. The number of anilines is 1. The monoisotopic (exact) mass is 246 g/mol. The molecule has 0 fully saturated rings. The van der Waals surface area contributed by atoms with Crippen LogP contribution in [0, 0.1) is 6.07 Å². The smallest absolute Gasteiger partial charge is 0.176 e. The van der Waals surface area contributed by atoms with Crippen molar-refractivity contribution in [3.05, 3.63) is 23.2 Å². The highest BCUT2D eigenvalue weighted by atomic mass is 35.5. The van der Waals surface area contributed by atoms with Crippen LogP contribution in [-0.4, -0.2) is 20.7 Å². The summed E-state index contributed by atoms with van der Waals surface area (Å²) in [5.41, 5.74) is 0.595. The molecular formula is C10H13ClNO2S. The topological polar surface area (TPSA) is 46.2 Å². The van der Waals surface area contributed by atoms with Gasteiger partial charge in [0.25, 0.3) is 0 Å². The Morgan fingerprint density at radius 2 is 2.00 bits per heavy atom. The number of hydrogen-bond donors (Lipinski definition) is 1. The highest BCUT2D eigenvalue weighted by Crippen LogP contribution is 2.22. The Labute approximate surface area is 95.4 Å². The van der Waals surface area contributed by atoms with Gasteiger partial charge in [0.15, 0.2) is 9.84 Å². The molecule has 0 aliphatic rings. The molecule has 1 rings (SSSR count). The number of halogens is 1. The van der Waals surface area contributed by atoms with Gasteiger partial charge < -0.3 is 5.32 Å². The maximum Gasteiger partial charge on any atom is 0.176 e. The van der Waals surface area contributed by atoms with E-state index in [0.717, 1.165) is 6.26 Å². The summed E-state index contributed by atoms with van der Waals surface area (Å²) in [6, 6.07) is 6.01. The molecule has 0 bridgehead atoms. The van der Waals surface area contributed by atoms with Crippen LogP contribution in [0.1, 0.15) is 13.8 Å². The highest BCUT2D eigenvalue weighted by Gasteiger charge is 2.10. The van der Waals surface area contributed by atoms with Gasteiger partial charge in [0, 0.05) is 29.1 Å². The normalized spacial score (nSPS) is 11.8. The molecule has 0 saturated heterocycles. The van der Waals surface area contributed by atoms with Gasteiger partial charge in [-0.05, 0) is 26.0 Å². The fourth-order valence-electron chi connectivity index (χ4n) is 1.10. The minimum Gasteiger partial charge on any atom is -0.382 e. The Bertz CT molecular complexity index is 454. The standard InChI is InChI=1S/C10H13ClNO2S/c1-7(2)12-9-4-8(11)5-10(6-9)15(3,13)14/h4-5,7,12H,1-3H3. The third-order valence-electron chi connectivity index (χ3n) is 1.65. The average Bonchev–Trinajstić information content (AvgIpc) is 1.99. The molecule has 0 aliphatic carbocycles. The first-order valence-electron chi connectivity index (χ1n) is 4.48. The van der Waals surface area contributed by atoms with E-state index in [4.69, 9.17) is 11.6 Å². The van der Waals surface area contributed by atoms with Crippen LogP contribution in [0.15, 0.2) is 17.0 Å². The first-order chi connectivity index (χ1) is 6.79. The first-order valence-corrected chi connectivity index (χ1v) is 6.75. The fraction of sp³-hybridized carbons (Fsp3) is 0.400. The van der Waals surface area contributed by atoms with Crippen molar-refractivity contribution in [2.45, 2.75) is 24.8 Å². The average molecular weight is 247 g/mol. The summed E-state index contributed by atoms with van der Waals surface area (Å²) in [7, 11) is -3.26. The van der Waals surface area contributed by atoms with Crippen molar-refractivity contribution in [3.63, 3.8) is 0 Å². The largest absolute Gasteiger partial charge is 0.382 e. The van der Waals surface area contributed by atoms with E-state index in [2.05, 4.69) is 11.4 Å². The van der Waals surface area contributed by atoms with Crippen molar-refractivity contribution in [1.29, 1.82) is 0 Å². The SMILES string of the molecule is CC(C)Nc1[c]c(S(C)(=O)=O)cc(Cl)c1. The van der Waals surface area contributed by atoms with E-state index >= 15 is 0 Å². The molecule has 5 heteroatoms. The minimum atomic E-state index is -3.26. The number of nitrogens with one attached hydrogen (secondary N) is 1. The third-order valence-corrected chi connectivity index (χ3v) is 2.89. The zero-order valence-corrected chi connectivity index (χ0v) is 10.4. The fourth-order valence-corrected chi connectivity index (χ4v) is 2.02. The van der Waals surface area contributed by atoms with Crippen LogP contribution in [0.3, 0.4) is 0 Å². The van der Waals surface area contributed by atoms with Crippen LogP contribution in [-0.2, 0) is 9.84 Å². The van der Waals surface area contributed by atoms with Gasteiger partial charge in [-0.15, -0.1) is 0 Å². The zero-order chi connectivity index (χ0) is 11.6. The van der Waals surface area contributed by atoms with Gasteiger partial charge in [-0.1, -0.05) is 11.6 Å². The van der Waals surface area contributed by atoms with Gasteiger partial charge in [-0.2, -0.15) is 0 Å². The van der Waals surface area contributed by atoms with Crippen molar-refractivity contribution < 1.29 is 8.42 Å². The molecule has 0 aliphatic heterocycles. The molecule has 83 valence electrons. The van der Waals surface area contributed by atoms with Crippen LogP contribution < -0.4 is 5.32 Å². The molecule has 15 heavy (non-hydrogen) atoms. The Morgan fingerprint density at radius 3 is 2.47 bits per heavy atom. The first kappa shape index (κ1) is 12.3. The third kappa shape index (κ3) is 3.72. The second kappa shape index (κ2) is 4.41. The molecule has 0 unspecified atom stereocenters. The van der Waals surface area contributed by atoms with Gasteiger partial charge >= 0.3 is 0 Å². The molecule has 1 radical (unpaired) electrons. The van der Waals surface area contributed by atoms with Crippen LogP contribution in [0.5, 0.6) is 0 Å². The Morgan fingerprint density at radius 1 is 1.40 bits per heavy atom. The summed E-state index contributed by atoms with van der Waals surface area (Å²) in [4.78, 5) is 0.109. The Kier molecular flexibility index (Phi) is 3.62. The molecule has 0 saturated carbocycles. The summed E-state index contributed by atoms with van der Waals surface area (Å²) in [6.07, 6.45) is 1.13. The van der Waals surface area contributed by atoms with Crippen molar-refractivity contribution in [3.8, 4) is 0 Å². The van der Waals surface area contributed by atoms with E-state index < -0.39 is 9.84 Å². The summed E-state index contributed by atoms with van der Waals surface area (Å²) >= 11 is 5.82. The summed E-state index contributed by atoms with van der Waals surface area (Å²) < 4.78 is 22.6. The summed E-state index contributed by atoms with van der Waals surface area (Å²) in [5.74, 6) is 0. The van der Waals surface area contributed by atoms with Crippen molar-refractivity contribution in [2.75, 3.05) is 11.6 Å². The number of benzene rings is 1. The second-order valence-corrected chi connectivity index (χ2v) is 6.07. The number of rotatable bonds is 3. The predicted octanol–water partition coefficient (Wildman–Crippen LogP) is 2.36. The van der Waals surface area contributed by atoms with Crippen LogP contribution >= 0.6 is 11.6 Å². The van der Waals surface area contributed by atoms with Crippen LogP contribution in [0.2, 0.25) is 5.02 Å². The molecule has 0 spiro atoms. The van der Waals surface area contributed by atoms with Gasteiger partial charge in [0.1, 0.15) is 0 Å². The Hall–Kier alpha value is -0.740. The van der Waals surface area contributed by atoms with Crippen LogP contribution in [0.25, 0.3) is 0 Å². The maximum atomic E-state index is 11.3.